The van der Waals surface area contributed by atoms with Crippen molar-refractivity contribution in [3.63, 3.8) is 0 Å². The molecule has 1 atom stereocenters. The van der Waals surface area contributed by atoms with E-state index in [0.717, 1.165) is 29.4 Å². The number of nitrogens with one attached hydrogen (secondary N) is 1. The van der Waals surface area contributed by atoms with Crippen LogP contribution in [0.3, 0.4) is 0 Å². The summed E-state index contributed by atoms with van der Waals surface area (Å²) in [5.41, 5.74) is 8.58. The van der Waals surface area contributed by atoms with E-state index in [1.807, 2.05) is 24.3 Å². The Morgan fingerprint density at radius 1 is 1.30 bits per heavy atom. The average Bonchev–Trinajstić information content (AvgIpc) is 3.41. The van der Waals surface area contributed by atoms with Gasteiger partial charge in [0, 0.05) is 34.6 Å². The fourth-order valence-electron chi connectivity index (χ4n) is 2.99. The molecule has 0 radical (unpaired) electrons. The van der Waals surface area contributed by atoms with Crippen LogP contribution in [0.1, 0.15) is 47.7 Å². The zero-order chi connectivity index (χ0) is 16.0. The normalized spacial score (nSPS) is 18.9. The molecule has 4 nitrogen and oxygen atoms in total. The second kappa shape index (κ2) is 5.77. The molecule has 3 N–H and O–H groups in total. The van der Waals surface area contributed by atoms with Crippen molar-refractivity contribution < 1.29 is 4.79 Å². The summed E-state index contributed by atoms with van der Waals surface area (Å²) in [6.45, 7) is 0.520. The van der Waals surface area contributed by atoms with Crippen molar-refractivity contribution in [2.24, 2.45) is 11.7 Å². The van der Waals surface area contributed by atoms with Crippen LogP contribution in [0.5, 0.6) is 0 Å². The number of carbonyl (C=O) groups excluding carboxylic acids is 1. The number of fused-ring (bicyclic) bond motifs is 1. The first-order valence-corrected chi connectivity index (χ1v) is 8.63. The first-order chi connectivity index (χ1) is 11.1. The molecule has 4 rings (SSSR count). The smallest absolute Gasteiger partial charge is 0.252 e. The Bertz CT molecular complexity index is 768. The Balaban J connectivity index is 1.65. The van der Waals surface area contributed by atoms with E-state index in [0.29, 0.717) is 29.0 Å². The fraction of sp³-hybridized carbons (Fsp3) is 0.444. The Kier molecular flexibility index (Phi) is 3.74. The highest BCUT2D eigenvalue weighted by Gasteiger charge is 2.29. The van der Waals surface area contributed by atoms with Gasteiger partial charge in [0.2, 0.25) is 0 Å². The summed E-state index contributed by atoms with van der Waals surface area (Å²) in [5, 5.41) is 4.40. The summed E-state index contributed by atoms with van der Waals surface area (Å²) >= 11 is 6.11. The molecule has 1 aromatic carbocycles. The molecule has 0 bridgehead atoms. The minimum Gasteiger partial charge on any atom is -0.350 e. The van der Waals surface area contributed by atoms with Crippen molar-refractivity contribution in [1.29, 1.82) is 0 Å². The number of halogens is 1. The first kappa shape index (κ1) is 14.9. The highest BCUT2D eigenvalue weighted by Crippen LogP contribution is 2.40. The van der Waals surface area contributed by atoms with E-state index in [1.54, 1.807) is 0 Å². The Labute approximate surface area is 140 Å². The van der Waals surface area contributed by atoms with Crippen LogP contribution in [0.2, 0.25) is 5.02 Å². The standard InChI is InChI=1S/C18H20ClN3O/c19-12-5-6-16-13(7-12)14(8-17(22-16)11-3-4-11)18(23)21-9-15(20)10-1-2-10/h5-8,10-11,15H,1-4,9,20H2,(H,21,23). The molecule has 2 saturated carbocycles. The minimum atomic E-state index is -0.0855. The van der Waals surface area contributed by atoms with E-state index in [-0.39, 0.29) is 11.9 Å². The molecule has 0 saturated heterocycles. The van der Waals surface area contributed by atoms with Gasteiger partial charge in [-0.05, 0) is 55.9 Å². The predicted molar refractivity (Wildman–Crippen MR) is 91.8 cm³/mol. The van der Waals surface area contributed by atoms with Crippen molar-refractivity contribution in [1.82, 2.24) is 10.3 Å². The Morgan fingerprint density at radius 2 is 2.09 bits per heavy atom. The number of nitrogens with zero attached hydrogens (tertiary/aromatic N) is 1. The molecule has 0 spiro atoms. The SMILES string of the molecule is NC(CNC(=O)c1cc(C2CC2)nc2ccc(Cl)cc12)C1CC1. The highest BCUT2D eigenvalue weighted by atomic mass is 35.5. The summed E-state index contributed by atoms with van der Waals surface area (Å²) < 4.78 is 0. The van der Waals surface area contributed by atoms with Crippen LogP contribution in [-0.4, -0.2) is 23.5 Å². The molecular weight excluding hydrogens is 310 g/mol. The second-order valence-corrected chi connectivity index (χ2v) is 7.18. The number of hydrogen-bond acceptors (Lipinski definition) is 3. The molecule has 2 aromatic rings. The van der Waals surface area contributed by atoms with Gasteiger partial charge >= 0.3 is 0 Å². The third kappa shape index (κ3) is 3.19. The van der Waals surface area contributed by atoms with Gasteiger partial charge in [-0.25, -0.2) is 0 Å². The second-order valence-electron chi connectivity index (χ2n) is 6.74. The van der Waals surface area contributed by atoms with E-state index < -0.39 is 0 Å². The third-order valence-corrected chi connectivity index (χ3v) is 4.99. The van der Waals surface area contributed by atoms with Crippen LogP contribution in [0, 0.1) is 5.92 Å². The summed E-state index contributed by atoms with van der Waals surface area (Å²) in [4.78, 5) is 17.4. The van der Waals surface area contributed by atoms with Crippen LogP contribution >= 0.6 is 11.6 Å². The van der Waals surface area contributed by atoms with Crippen LogP contribution < -0.4 is 11.1 Å². The van der Waals surface area contributed by atoms with Gasteiger partial charge in [0.1, 0.15) is 0 Å². The molecule has 1 aromatic heterocycles. The van der Waals surface area contributed by atoms with Gasteiger partial charge in [-0.2, -0.15) is 0 Å². The molecule has 5 heteroatoms. The molecule has 2 aliphatic rings. The molecule has 2 aliphatic carbocycles. The topological polar surface area (TPSA) is 68.0 Å². The third-order valence-electron chi connectivity index (χ3n) is 4.76. The van der Waals surface area contributed by atoms with E-state index in [2.05, 4.69) is 5.32 Å². The van der Waals surface area contributed by atoms with Crippen molar-refractivity contribution in [3.05, 3.63) is 40.5 Å². The maximum absolute atomic E-state index is 12.7. The lowest BCUT2D eigenvalue weighted by molar-refractivity contribution is 0.0952. The minimum absolute atomic E-state index is 0.0542. The molecule has 120 valence electrons. The van der Waals surface area contributed by atoms with Crippen LogP contribution in [0.15, 0.2) is 24.3 Å². The van der Waals surface area contributed by atoms with Gasteiger partial charge in [-0.15, -0.1) is 0 Å². The lowest BCUT2D eigenvalue weighted by atomic mass is 10.0. The Hall–Kier alpha value is -1.65. The van der Waals surface area contributed by atoms with Crippen molar-refractivity contribution >= 4 is 28.4 Å². The van der Waals surface area contributed by atoms with Gasteiger partial charge in [0.05, 0.1) is 11.1 Å². The van der Waals surface area contributed by atoms with Crippen LogP contribution in [0.4, 0.5) is 0 Å². The Morgan fingerprint density at radius 3 is 2.78 bits per heavy atom. The molecular formula is C18H20ClN3O. The zero-order valence-corrected chi connectivity index (χ0v) is 13.6. The number of pyridine rings is 1. The maximum atomic E-state index is 12.7. The fourth-order valence-corrected chi connectivity index (χ4v) is 3.16. The highest BCUT2D eigenvalue weighted by molar-refractivity contribution is 6.31. The number of hydrogen-bond donors (Lipinski definition) is 2. The molecule has 23 heavy (non-hydrogen) atoms. The van der Waals surface area contributed by atoms with Gasteiger partial charge in [0.25, 0.3) is 5.91 Å². The van der Waals surface area contributed by atoms with Crippen molar-refractivity contribution in [2.75, 3.05) is 6.54 Å². The van der Waals surface area contributed by atoms with Gasteiger partial charge < -0.3 is 11.1 Å². The lowest BCUT2D eigenvalue weighted by Gasteiger charge is -2.13. The summed E-state index contributed by atoms with van der Waals surface area (Å²) in [7, 11) is 0. The number of carbonyl (C=O) groups is 1. The van der Waals surface area contributed by atoms with E-state index in [4.69, 9.17) is 22.3 Å². The van der Waals surface area contributed by atoms with Crippen LogP contribution in [-0.2, 0) is 0 Å². The average molecular weight is 330 g/mol. The zero-order valence-electron chi connectivity index (χ0n) is 12.9. The van der Waals surface area contributed by atoms with Gasteiger partial charge in [-0.3, -0.25) is 9.78 Å². The lowest BCUT2D eigenvalue weighted by Crippen LogP contribution is -2.38. The van der Waals surface area contributed by atoms with Gasteiger partial charge in [-0.1, -0.05) is 11.6 Å². The number of rotatable bonds is 5. The van der Waals surface area contributed by atoms with Crippen LogP contribution in [0.25, 0.3) is 10.9 Å². The quantitative estimate of drug-likeness (QED) is 0.885. The van der Waals surface area contributed by atoms with Crippen molar-refractivity contribution in [2.45, 2.75) is 37.6 Å². The first-order valence-electron chi connectivity index (χ1n) is 8.26. The van der Waals surface area contributed by atoms with Gasteiger partial charge in [0.15, 0.2) is 0 Å². The predicted octanol–water partition coefficient (Wildman–Crippen LogP) is 3.23. The number of aromatic nitrogens is 1. The summed E-state index contributed by atoms with van der Waals surface area (Å²) in [6.07, 6.45) is 4.66. The number of nitrogens with two attached hydrogens (primary N) is 1. The molecule has 1 heterocycles. The molecule has 1 amide bonds. The number of benzene rings is 1. The summed E-state index contributed by atoms with van der Waals surface area (Å²) in [6, 6.07) is 7.50. The van der Waals surface area contributed by atoms with E-state index in [9.17, 15) is 4.79 Å². The maximum Gasteiger partial charge on any atom is 0.252 e. The van der Waals surface area contributed by atoms with E-state index >= 15 is 0 Å². The molecule has 2 fully saturated rings. The molecule has 1 unspecified atom stereocenters. The largest absolute Gasteiger partial charge is 0.350 e. The summed E-state index contributed by atoms with van der Waals surface area (Å²) in [5.74, 6) is 0.981. The van der Waals surface area contributed by atoms with Crippen molar-refractivity contribution in [3.8, 4) is 0 Å². The molecule has 0 aliphatic heterocycles. The monoisotopic (exact) mass is 329 g/mol. The number of amides is 1. The van der Waals surface area contributed by atoms with E-state index in [1.165, 1.54) is 12.8 Å².